The van der Waals surface area contributed by atoms with Crippen molar-refractivity contribution in [2.45, 2.75) is 5.75 Å². The molecule has 1 aliphatic rings. The molecule has 1 saturated heterocycles. The maximum atomic E-state index is 4.09. The Kier molecular flexibility index (Phi) is 2.90. The third-order valence-electron chi connectivity index (χ3n) is 2.39. The SMILES string of the molecule is Cn1cncc1CSCC1CNC1. The minimum Gasteiger partial charge on any atom is -0.337 e. The van der Waals surface area contributed by atoms with E-state index in [0.29, 0.717) is 0 Å². The van der Waals surface area contributed by atoms with Crippen LogP contribution in [0.4, 0.5) is 0 Å². The van der Waals surface area contributed by atoms with Crippen LogP contribution in [-0.2, 0) is 12.8 Å². The number of aryl methyl sites for hydroxylation is 1. The van der Waals surface area contributed by atoms with Gasteiger partial charge in [0.05, 0.1) is 6.33 Å². The van der Waals surface area contributed by atoms with Crippen molar-refractivity contribution in [1.82, 2.24) is 14.9 Å². The van der Waals surface area contributed by atoms with Crippen LogP contribution in [0.15, 0.2) is 12.5 Å². The van der Waals surface area contributed by atoms with E-state index in [1.54, 1.807) is 0 Å². The monoisotopic (exact) mass is 197 g/mol. The Morgan fingerprint density at radius 3 is 3.08 bits per heavy atom. The zero-order valence-corrected chi connectivity index (χ0v) is 8.68. The van der Waals surface area contributed by atoms with Crippen LogP contribution in [0.2, 0.25) is 0 Å². The summed E-state index contributed by atoms with van der Waals surface area (Å²) in [5, 5.41) is 3.29. The van der Waals surface area contributed by atoms with Gasteiger partial charge in [-0.05, 0) is 24.8 Å². The predicted molar refractivity (Wildman–Crippen MR) is 55.7 cm³/mol. The Bertz CT molecular complexity index is 268. The number of thioether (sulfide) groups is 1. The Labute approximate surface area is 82.9 Å². The molecule has 1 aliphatic heterocycles. The van der Waals surface area contributed by atoms with Crippen molar-refractivity contribution >= 4 is 11.8 Å². The Hall–Kier alpha value is -0.480. The molecule has 1 N–H and O–H groups in total. The van der Waals surface area contributed by atoms with Crippen molar-refractivity contribution in [3.63, 3.8) is 0 Å². The highest BCUT2D eigenvalue weighted by Crippen LogP contribution is 2.16. The number of aromatic nitrogens is 2. The van der Waals surface area contributed by atoms with Crippen molar-refractivity contribution in [3.05, 3.63) is 18.2 Å². The second-order valence-electron chi connectivity index (χ2n) is 3.54. The number of hydrogen-bond donors (Lipinski definition) is 1. The molecule has 0 aliphatic carbocycles. The average molecular weight is 197 g/mol. The van der Waals surface area contributed by atoms with Crippen molar-refractivity contribution in [3.8, 4) is 0 Å². The van der Waals surface area contributed by atoms with Gasteiger partial charge in [-0.1, -0.05) is 0 Å². The van der Waals surface area contributed by atoms with Crippen LogP contribution in [-0.4, -0.2) is 28.4 Å². The maximum Gasteiger partial charge on any atom is 0.0945 e. The van der Waals surface area contributed by atoms with Crippen molar-refractivity contribution < 1.29 is 0 Å². The maximum absolute atomic E-state index is 4.09. The lowest BCUT2D eigenvalue weighted by molar-refractivity contribution is 0.385. The molecule has 13 heavy (non-hydrogen) atoms. The van der Waals surface area contributed by atoms with Gasteiger partial charge in [-0.15, -0.1) is 0 Å². The lowest BCUT2D eigenvalue weighted by Crippen LogP contribution is -2.43. The summed E-state index contributed by atoms with van der Waals surface area (Å²) >= 11 is 2.01. The molecule has 0 bridgehead atoms. The molecule has 0 atom stereocenters. The highest BCUT2D eigenvalue weighted by Gasteiger charge is 2.16. The molecule has 2 rings (SSSR count). The summed E-state index contributed by atoms with van der Waals surface area (Å²) in [5.74, 6) is 3.27. The third kappa shape index (κ3) is 2.25. The van der Waals surface area contributed by atoms with Gasteiger partial charge in [-0.3, -0.25) is 0 Å². The molecule has 1 aromatic rings. The lowest BCUT2D eigenvalue weighted by atomic mass is 10.1. The van der Waals surface area contributed by atoms with Gasteiger partial charge in [0, 0.05) is 24.7 Å². The molecule has 3 nitrogen and oxygen atoms in total. The fraction of sp³-hybridized carbons (Fsp3) is 0.667. The van der Waals surface area contributed by atoms with Crippen molar-refractivity contribution in [2.75, 3.05) is 18.8 Å². The van der Waals surface area contributed by atoms with Crippen molar-refractivity contribution in [2.24, 2.45) is 13.0 Å². The number of nitrogens with zero attached hydrogens (tertiary/aromatic N) is 2. The van der Waals surface area contributed by atoms with E-state index < -0.39 is 0 Å². The summed E-state index contributed by atoms with van der Waals surface area (Å²) in [6, 6.07) is 0. The number of hydrogen-bond acceptors (Lipinski definition) is 3. The Balaban J connectivity index is 1.70. The normalized spacial score (nSPS) is 17.3. The largest absolute Gasteiger partial charge is 0.337 e. The average Bonchev–Trinajstić information content (AvgIpc) is 2.42. The molecule has 1 aromatic heterocycles. The summed E-state index contributed by atoms with van der Waals surface area (Å²) in [5.41, 5.74) is 1.32. The highest BCUT2D eigenvalue weighted by atomic mass is 32.2. The van der Waals surface area contributed by atoms with Gasteiger partial charge in [0.15, 0.2) is 0 Å². The molecule has 0 unspecified atom stereocenters. The van der Waals surface area contributed by atoms with Gasteiger partial charge in [-0.25, -0.2) is 4.98 Å². The summed E-state index contributed by atoms with van der Waals surface area (Å²) < 4.78 is 2.09. The van der Waals surface area contributed by atoms with Crippen LogP contribution in [0.5, 0.6) is 0 Å². The minimum absolute atomic E-state index is 0.901. The summed E-state index contributed by atoms with van der Waals surface area (Å²) in [7, 11) is 2.05. The molecule has 2 heterocycles. The Morgan fingerprint density at radius 2 is 2.54 bits per heavy atom. The molecule has 0 amide bonds. The molecule has 0 spiro atoms. The van der Waals surface area contributed by atoms with Gasteiger partial charge in [0.25, 0.3) is 0 Å². The predicted octanol–water partition coefficient (Wildman–Crippen LogP) is 0.873. The molecule has 0 aromatic carbocycles. The quantitative estimate of drug-likeness (QED) is 0.777. The van der Waals surface area contributed by atoms with E-state index in [9.17, 15) is 0 Å². The standard InChI is InChI=1S/C9H15N3S/c1-12-7-11-4-9(12)6-13-5-8-2-10-3-8/h4,7-8,10H,2-3,5-6H2,1H3. The van der Waals surface area contributed by atoms with Crippen LogP contribution >= 0.6 is 11.8 Å². The van der Waals surface area contributed by atoms with Crippen molar-refractivity contribution in [1.29, 1.82) is 0 Å². The first-order valence-electron chi connectivity index (χ1n) is 4.60. The Morgan fingerprint density at radius 1 is 1.69 bits per heavy atom. The zero-order chi connectivity index (χ0) is 9.10. The summed E-state index contributed by atoms with van der Waals surface area (Å²) in [6.45, 7) is 2.41. The fourth-order valence-corrected chi connectivity index (χ4v) is 2.49. The van der Waals surface area contributed by atoms with Crippen LogP contribution in [0.3, 0.4) is 0 Å². The van der Waals surface area contributed by atoms with Crippen LogP contribution < -0.4 is 5.32 Å². The smallest absolute Gasteiger partial charge is 0.0945 e. The van der Waals surface area contributed by atoms with Crippen LogP contribution in [0.1, 0.15) is 5.69 Å². The second-order valence-corrected chi connectivity index (χ2v) is 4.57. The van der Waals surface area contributed by atoms with E-state index in [1.165, 1.54) is 24.5 Å². The van der Waals surface area contributed by atoms with E-state index in [2.05, 4.69) is 14.9 Å². The van der Waals surface area contributed by atoms with E-state index in [1.807, 2.05) is 31.3 Å². The molecule has 4 heteroatoms. The molecule has 0 radical (unpaired) electrons. The first-order chi connectivity index (χ1) is 6.36. The number of imidazole rings is 1. The molecular formula is C9H15N3S. The molecule has 1 fully saturated rings. The molecule has 72 valence electrons. The fourth-order valence-electron chi connectivity index (χ4n) is 1.32. The second kappa shape index (κ2) is 4.15. The number of rotatable bonds is 4. The van der Waals surface area contributed by atoms with E-state index in [0.717, 1.165) is 11.7 Å². The first-order valence-corrected chi connectivity index (χ1v) is 5.75. The topological polar surface area (TPSA) is 29.9 Å². The van der Waals surface area contributed by atoms with Gasteiger partial charge in [-0.2, -0.15) is 11.8 Å². The summed E-state index contributed by atoms with van der Waals surface area (Å²) in [6.07, 6.45) is 3.81. The zero-order valence-electron chi connectivity index (χ0n) is 7.86. The third-order valence-corrected chi connectivity index (χ3v) is 3.59. The van der Waals surface area contributed by atoms with Gasteiger partial charge < -0.3 is 9.88 Å². The lowest BCUT2D eigenvalue weighted by Gasteiger charge is -2.26. The van der Waals surface area contributed by atoms with E-state index in [-0.39, 0.29) is 0 Å². The minimum atomic E-state index is 0.901. The van der Waals surface area contributed by atoms with Gasteiger partial charge in [0.2, 0.25) is 0 Å². The molecule has 0 saturated carbocycles. The highest BCUT2D eigenvalue weighted by molar-refractivity contribution is 7.98. The summed E-state index contributed by atoms with van der Waals surface area (Å²) in [4.78, 5) is 4.09. The van der Waals surface area contributed by atoms with Gasteiger partial charge >= 0.3 is 0 Å². The molecular weight excluding hydrogens is 182 g/mol. The van der Waals surface area contributed by atoms with Crippen LogP contribution in [0.25, 0.3) is 0 Å². The van der Waals surface area contributed by atoms with Gasteiger partial charge in [0.1, 0.15) is 0 Å². The van der Waals surface area contributed by atoms with E-state index >= 15 is 0 Å². The first kappa shape index (κ1) is 9.09. The van der Waals surface area contributed by atoms with Crippen LogP contribution in [0, 0.1) is 5.92 Å². The van der Waals surface area contributed by atoms with E-state index in [4.69, 9.17) is 0 Å². The number of nitrogens with one attached hydrogen (secondary N) is 1.